The zero-order chi connectivity index (χ0) is 19.2. The second-order valence-electron chi connectivity index (χ2n) is 7.56. The van der Waals surface area contributed by atoms with E-state index in [-0.39, 0.29) is 23.4 Å². The van der Waals surface area contributed by atoms with Crippen LogP contribution < -0.4 is 5.32 Å². The van der Waals surface area contributed by atoms with E-state index in [9.17, 15) is 9.59 Å². The monoisotopic (exact) mass is 336 g/mol. The van der Waals surface area contributed by atoms with Crippen LogP contribution >= 0.6 is 0 Å². The molecule has 1 spiro atoms. The summed E-state index contributed by atoms with van der Waals surface area (Å²) in [7, 11) is 0. The van der Waals surface area contributed by atoms with Crippen LogP contribution in [0.3, 0.4) is 0 Å². The molecule has 6 heteroatoms. The number of piperidine rings is 1. The van der Waals surface area contributed by atoms with Crippen molar-refractivity contribution in [1.29, 1.82) is 0 Å². The predicted molar refractivity (Wildman–Crippen MR) is 89.2 cm³/mol. The third-order valence-electron chi connectivity index (χ3n) is 6.21. The van der Waals surface area contributed by atoms with Crippen LogP contribution in [0.25, 0.3) is 0 Å². The van der Waals surface area contributed by atoms with Crippen molar-refractivity contribution in [3.05, 3.63) is 11.8 Å². The molecule has 0 radical (unpaired) electrons. The van der Waals surface area contributed by atoms with E-state index in [0.717, 1.165) is 51.7 Å². The van der Waals surface area contributed by atoms with E-state index in [2.05, 4.69) is 16.3 Å². The van der Waals surface area contributed by atoms with E-state index in [1.165, 1.54) is 5.70 Å². The van der Waals surface area contributed by atoms with Crippen molar-refractivity contribution in [3.63, 3.8) is 0 Å². The minimum Gasteiger partial charge on any atom is -0.450 e. The highest BCUT2D eigenvalue weighted by atomic mass is 16.6. The molecule has 4 aliphatic rings. The average Bonchev–Trinajstić information content (AvgIpc) is 3.09. The van der Waals surface area contributed by atoms with Gasteiger partial charge < -0.3 is 15.0 Å². The number of nitrogens with zero attached hydrogens (tertiary/aromatic N) is 2. The lowest BCUT2D eigenvalue weighted by Crippen LogP contribution is -2.47. The van der Waals surface area contributed by atoms with Gasteiger partial charge in [-0.2, -0.15) is 0 Å². The predicted octanol–water partition coefficient (Wildman–Crippen LogP) is 1.87. The van der Waals surface area contributed by atoms with Crippen LogP contribution in [0.5, 0.6) is 0 Å². The molecule has 6 nitrogen and oxygen atoms in total. The number of hydrogen-bond donors (Lipinski definition) is 1. The van der Waals surface area contributed by atoms with Gasteiger partial charge in [0.2, 0.25) is 5.91 Å². The second-order valence-corrected chi connectivity index (χ2v) is 7.56. The summed E-state index contributed by atoms with van der Waals surface area (Å²) in [5.74, 6) is 0.171. The normalized spacial score (nSPS) is 33.6. The van der Waals surface area contributed by atoms with E-state index in [1.807, 2.05) is 0 Å². The van der Waals surface area contributed by atoms with Crippen LogP contribution in [0.1, 0.15) is 49.5 Å². The van der Waals surface area contributed by atoms with E-state index in [1.54, 1.807) is 4.90 Å². The molecule has 4 heterocycles. The Balaban J connectivity index is 1.37. The van der Waals surface area contributed by atoms with Gasteiger partial charge in [-0.15, -0.1) is 0 Å². The van der Waals surface area contributed by atoms with Crippen LogP contribution in [0, 0.1) is 5.41 Å². The SMILES string of the molecule is [2H]C([2H])([2H])COC(=O)N1C2C=C(N3CCC4(CC3)CNC(=O)C4)CC1CC2. The first kappa shape index (κ1) is 12.6. The Morgan fingerprint density at radius 1 is 1.46 bits per heavy atom. The van der Waals surface area contributed by atoms with Crippen molar-refractivity contribution in [1.82, 2.24) is 15.1 Å². The summed E-state index contributed by atoms with van der Waals surface area (Å²) in [6.45, 7) is -0.106. The Bertz CT molecular complexity index is 656. The summed E-state index contributed by atoms with van der Waals surface area (Å²) in [6, 6.07) is 0.0816. The van der Waals surface area contributed by atoms with Gasteiger partial charge in [-0.3, -0.25) is 9.69 Å². The Morgan fingerprint density at radius 3 is 2.96 bits per heavy atom. The fourth-order valence-corrected chi connectivity index (χ4v) is 4.84. The van der Waals surface area contributed by atoms with Gasteiger partial charge in [0.1, 0.15) is 0 Å². The van der Waals surface area contributed by atoms with Crippen LogP contribution in [-0.2, 0) is 9.53 Å². The summed E-state index contributed by atoms with van der Waals surface area (Å²) in [6.07, 6.45) is 6.94. The first-order valence-corrected chi connectivity index (χ1v) is 8.92. The number of ether oxygens (including phenoxy) is 1. The topological polar surface area (TPSA) is 61.9 Å². The van der Waals surface area contributed by atoms with Gasteiger partial charge in [0.15, 0.2) is 0 Å². The Morgan fingerprint density at radius 2 is 2.29 bits per heavy atom. The summed E-state index contributed by atoms with van der Waals surface area (Å²) in [5, 5.41) is 2.97. The molecule has 4 aliphatic heterocycles. The smallest absolute Gasteiger partial charge is 0.410 e. The molecular weight excluding hydrogens is 306 g/mol. The van der Waals surface area contributed by atoms with Gasteiger partial charge in [0.05, 0.1) is 12.6 Å². The molecule has 3 saturated heterocycles. The van der Waals surface area contributed by atoms with Gasteiger partial charge in [-0.1, -0.05) is 0 Å². The summed E-state index contributed by atoms with van der Waals surface area (Å²) < 4.78 is 26.6. The van der Waals surface area contributed by atoms with E-state index < -0.39 is 19.6 Å². The summed E-state index contributed by atoms with van der Waals surface area (Å²) in [5.41, 5.74) is 1.42. The number of fused-ring (bicyclic) bond motifs is 2. The number of hydrogen-bond acceptors (Lipinski definition) is 4. The molecular formula is C18H27N3O3. The molecule has 2 bridgehead atoms. The van der Waals surface area contributed by atoms with Crippen molar-refractivity contribution in [3.8, 4) is 0 Å². The molecule has 0 aliphatic carbocycles. The van der Waals surface area contributed by atoms with Crippen molar-refractivity contribution in [2.75, 3.05) is 26.2 Å². The quantitative estimate of drug-likeness (QED) is 0.836. The van der Waals surface area contributed by atoms with Crippen molar-refractivity contribution in [2.24, 2.45) is 5.41 Å². The Kier molecular flexibility index (Phi) is 3.14. The molecule has 2 unspecified atom stereocenters. The number of nitrogens with one attached hydrogen (secondary N) is 1. The minimum absolute atomic E-state index is 0.00605. The maximum atomic E-state index is 12.4. The fourth-order valence-electron chi connectivity index (χ4n) is 4.84. The maximum absolute atomic E-state index is 12.4. The highest BCUT2D eigenvalue weighted by Crippen LogP contribution is 2.41. The molecule has 2 amide bonds. The van der Waals surface area contributed by atoms with Crippen LogP contribution in [0.4, 0.5) is 4.79 Å². The summed E-state index contributed by atoms with van der Waals surface area (Å²) >= 11 is 0. The third kappa shape index (κ3) is 2.66. The molecule has 0 aromatic carbocycles. The molecule has 0 saturated carbocycles. The van der Waals surface area contributed by atoms with Gasteiger partial charge in [0.25, 0.3) is 0 Å². The molecule has 4 rings (SSSR count). The Hall–Kier alpha value is -1.72. The average molecular weight is 336 g/mol. The fraction of sp³-hybridized carbons (Fsp3) is 0.778. The van der Waals surface area contributed by atoms with Crippen LogP contribution in [-0.4, -0.2) is 60.1 Å². The zero-order valence-electron chi connectivity index (χ0n) is 16.9. The molecule has 24 heavy (non-hydrogen) atoms. The number of rotatable bonds is 2. The van der Waals surface area contributed by atoms with Crippen LogP contribution in [0.15, 0.2) is 11.8 Å². The van der Waals surface area contributed by atoms with Crippen molar-refractivity contribution < 1.29 is 18.4 Å². The number of likely N-dealkylation sites (tertiary alicyclic amines) is 1. The molecule has 0 aromatic rings. The maximum Gasteiger partial charge on any atom is 0.410 e. The van der Waals surface area contributed by atoms with Gasteiger partial charge >= 0.3 is 6.09 Å². The lowest BCUT2D eigenvalue weighted by atomic mass is 9.77. The Labute approximate surface area is 147 Å². The van der Waals surface area contributed by atoms with E-state index in [4.69, 9.17) is 8.85 Å². The lowest BCUT2D eigenvalue weighted by Gasteiger charge is -2.43. The minimum atomic E-state index is -2.26. The molecule has 0 aromatic heterocycles. The molecule has 1 N–H and O–H groups in total. The number of carbonyl (C=O) groups is 2. The highest BCUT2D eigenvalue weighted by molar-refractivity contribution is 5.79. The standard InChI is InChI=1S/C18H27N3O3/c1-2-24-17(23)21-13-3-4-14(21)10-15(9-13)20-7-5-18(6-8-20)11-16(22)19-12-18/h9,13-14H,2-8,10-12H2,1H3,(H,19,22)/i1D3. The second kappa shape index (κ2) is 5.97. The third-order valence-corrected chi connectivity index (χ3v) is 6.21. The van der Waals surface area contributed by atoms with Crippen molar-refractivity contribution in [2.45, 2.75) is 57.5 Å². The number of amides is 2. The van der Waals surface area contributed by atoms with Gasteiger partial charge in [-0.05, 0) is 44.0 Å². The van der Waals surface area contributed by atoms with E-state index in [0.29, 0.717) is 6.42 Å². The largest absolute Gasteiger partial charge is 0.450 e. The molecule has 3 fully saturated rings. The summed E-state index contributed by atoms with van der Waals surface area (Å²) in [4.78, 5) is 28.1. The molecule has 132 valence electrons. The van der Waals surface area contributed by atoms with Gasteiger partial charge in [0, 0.05) is 48.3 Å². The van der Waals surface area contributed by atoms with E-state index >= 15 is 0 Å². The van der Waals surface area contributed by atoms with Crippen molar-refractivity contribution >= 4 is 12.0 Å². The van der Waals surface area contributed by atoms with Gasteiger partial charge in [-0.25, -0.2) is 4.79 Å². The highest BCUT2D eigenvalue weighted by Gasteiger charge is 2.44. The first-order valence-electron chi connectivity index (χ1n) is 10.4. The zero-order valence-corrected chi connectivity index (χ0v) is 13.9. The molecule has 2 atom stereocenters. The first-order chi connectivity index (χ1) is 12.7. The number of carbonyl (C=O) groups excluding carboxylic acids is 2. The van der Waals surface area contributed by atoms with Crippen LogP contribution in [0.2, 0.25) is 0 Å². The lowest BCUT2D eigenvalue weighted by molar-refractivity contribution is -0.119.